The average Bonchev–Trinajstić information content (AvgIpc) is 3.09. The number of nitrogens with one attached hydrogen (secondary N) is 2. The Morgan fingerprint density at radius 3 is 1.53 bits per heavy atom. The number of amides is 2. The van der Waals surface area contributed by atoms with Gasteiger partial charge in [-0.05, 0) is 109 Å². The predicted octanol–water partition coefficient (Wildman–Crippen LogP) is 7.63. The molecule has 312 valence electrons. The van der Waals surface area contributed by atoms with Gasteiger partial charge in [-0.2, -0.15) is 4.98 Å². The summed E-state index contributed by atoms with van der Waals surface area (Å²) in [4.78, 5) is 66.5. The molecule has 2 amide bonds. The maximum atomic E-state index is 12.8. The van der Waals surface area contributed by atoms with Gasteiger partial charge in [-0.25, -0.2) is 33.0 Å². The second kappa shape index (κ2) is 17.8. The van der Waals surface area contributed by atoms with Crippen molar-refractivity contribution < 1.29 is 27.5 Å². The summed E-state index contributed by atoms with van der Waals surface area (Å²) in [6, 6.07) is 16.5. The van der Waals surface area contributed by atoms with Gasteiger partial charge < -0.3 is 9.47 Å². The van der Waals surface area contributed by atoms with E-state index in [2.05, 4.69) is 30.6 Å². The summed E-state index contributed by atoms with van der Waals surface area (Å²) in [6.45, 7) is 14.2. The lowest BCUT2D eigenvalue weighted by molar-refractivity contribution is 0.0624. The van der Waals surface area contributed by atoms with Crippen LogP contribution in [-0.2, 0) is 19.3 Å². The van der Waals surface area contributed by atoms with Crippen LogP contribution in [0.5, 0.6) is 0 Å². The molecule has 0 aliphatic carbocycles. The Balaban J connectivity index is 0.000000257. The molecule has 2 aromatic carbocycles. The Morgan fingerprint density at radius 1 is 0.695 bits per heavy atom. The Bertz CT molecular complexity index is 2790. The van der Waals surface area contributed by atoms with Crippen molar-refractivity contribution in [2.75, 3.05) is 23.1 Å². The van der Waals surface area contributed by atoms with Crippen molar-refractivity contribution in [3.8, 4) is 11.4 Å². The molecule has 6 aromatic rings. The van der Waals surface area contributed by atoms with E-state index >= 15 is 0 Å². The van der Waals surface area contributed by atoms with Crippen molar-refractivity contribution in [3.05, 3.63) is 105 Å². The van der Waals surface area contributed by atoms with Gasteiger partial charge in [0.15, 0.2) is 16.5 Å². The lowest BCUT2D eigenvalue weighted by Crippen LogP contribution is -2.27. The van der Waals surface area contributed by atoms with Gasteiger partial charge in [0.25, 0.3) is 11.1 Å². The molecule has 16 nitrogen and oxygen atoms in total. The number of sulfone groups is 1. The number of carbonyl (C=O) groups excluding carboxylic acids is 2. The predicted molar refractivity (Wildman–Crippen MR) is 231 cm³/mol. The molecule has 0 spiro atoms. The minimum absolute atomic E-state index is 0. The van der Waals surface area contributed by atoms with Crippen LogP contribution in [0.4, 0.5) is 21.0 Å². The molecule has 18 heteroatoms. The van der Waals surface area contributed by atoms with Gasteiger partial charge in [0.05, 0.1) is 11.4 Å². The summed E-state index contributed by atoms with van der Waals surface area (Å²) < 4.78 is 37.1. The highest BCUT2D eigenvalue weighted by atomic mass is 32.2. The van der Waals surface area contributed by atoms with Crippen LogP contribution in [0.3, 0.4) is 0 Å². The van der Waals surface area contributed by atoms with Crippen LogP contribution in [0.1, 0.15) is 60.1 Å². The van der Waals surface area contributed by atoms with Crippen molar-refractivity contribution >= 4 is 67.2 Å². The number of fused-ring (bicyclic) bond motifs is 2. The smallest absolute Gasteiger partial charge is 0.412 e. The fourth-order valence-corrected chi connectivity index (χ4v) is 6.37. The molecule has 0 radical (unpaired) electrons. The number of aromatic nitrogens is 6. The largest absolute Gasteiger partial charge is 0.444 e. The minimum atomic E-state index is -3.67. The summed E-state index contributed by atoms with van der Waals surface area (Å²) in [5.41, 5.74) is 2.17. The second-order valence-corrected chi connectivity index (χ2v) is 17.8. The molecule has 0 atom stereocenters. The average molecular weight is 845 g/mol. The fourth-order valence-electron chi connectivity index (χ4n) is 5.54. The monoisotopic (exact) mass is 844 g/mol. The lowest BCUT2D eigenvalue weighted by atomic mass is 10.2. The van der Waals surface area contributed by atoms with E-state index in [9.17, 15) is 27.6 Å². The summed E-state index contributed by atoms with van der Waals surface area (Å²) in [7, 11) is -3.67. The van der Waals surface area contributed by atoms with Crippen LogP contribution in [0.2, 0.25) is 0 Å². The minimum Gasteiger partial charge on any atom is -0.444 e. The molecule has 0 fully saturated rings. The molecule has 2 N–H and O–H groups in total. The summed E-state index contributed by atoms with van der Waals surface area (Å²) >= 11 is 1.40. The number of rotatable bonds is 6. The molecule has 0 saturated carbocycles. The number of ether oxygens (including phenoxy) is 2. The SMILES string of the molecule is C.CSc1ncc2c(C)cc(=O)n(-c3cccc(NC(=O)OC(C)(C)C)c3)c2n1.Cc1cc(=O)n(-c2cccc(NC(=O)OC(C)(C)C)c2)c2nc(S(C)(=O)=O)ncc12. The van der Waals surface area contributed by atoms with Crippen LogP contribution in [-0.4, -0.2) is 73.4 Å². The Kier molecular flexibility index (Phi) is 13.7. The van der Waals surface area contributed by atoms with Crippen LogP contribution in [0.25, 0.3) is 33.4 Å². The summed E-state index contributed by atoms with van der Waals surface area (Å²) in [5.74, 6) is 0. The van der Waals surface area contributed by atoms with Crippen LogP contribution >= 0.6 is 11.8 Å². The van der Waals surface area contributed by atoms with Crippen molar-refractivity contribution in [2.24, 2.45) is 0 Å². The number of carbonyl (C=O) groups is 2. The van der Waals surface area contributed by atoms with Gasteiger partial charge in [0.2, 0.25) is 15.0 Å². The van der Waals surface area contributed by atoms with E-state index < -0.39 is 38.8 Å². The number of thioether (sulfide) groups is 1. The standard InChI is InChI=1S/C20H22N4O5S.C20H22N4O3S.CH4/c1-12-9-16(25)24(17-15(12)11-21-18(23-17)30(5,27)28)14-8-6-7-13(10-14)22-19(26)29-20(2,3)4;1-12-9-16(25)24(17-15(12)11-21-18(23-17)28-5)14-8-6-7-13(10-14)22-19(26)27-20(2,3)4;/h6-11H,1-5H3,(H,22,26);6-11H,1-5H3,(H,22,26);1H4. The van der Waals surface area contributed by atoms with E-state index in [4.69, 9.17) is 9.47 Å². The molecule has 0 bridgehead atoms. The molecule has 0 aliphatic rings. The molecule has 0 aliphatic heterocycles. The van der Waals surface area contributed by atoms with Crippen LogP contribution < -0.4 is 21.8 Å². The van der Waals surface area contributed by atoms with E-state index in [0.717, 1.165) is 17.2 Å². The van der Waals surface area contributed by atoms with E-state index in [1.54, 1.807) is 109 Å². The third-order valence-electron chi connectivity index (χ3n) is 7.90. The van der Waals surface area contributed by atoms with E-state index in [0.29, 0.717) is 44.5 Å². The first-order valence-electron chi connectivity index (χ1n) is 17.8. The van der Waals surface area contributed by atoms with Crippen molar-refractivity contribution in [1.29, 1.82) is 0 Å². The highest BCUT2D eigenvalue weighted by Crippen LogP contribution is 2.24. The van der Waals surface area contributed by atoms with E-state index in [-0.39, 0.29) is 23.8 Å². The normalized spacial score (nSPS) is 11.6. The highest BCUT2D eigenvalue weighted by Gasteiger charge is 2.20. The number of pyridine rings is 2. The number of benzene rings is 2. The Morgan fingerprint density at radius 2 is 1.12 bits per heavy atom. The zero-order chi connectivity index (χ0) is 42.7. The van der Waals surface area contributed by atoms with Gasteiger partial charge in [0.1, 0.15) is 11.2 Å². The second-order valence-electron chi connectivity index (χ2n) is 15.1. The molecule has 6 rings (SSSR count). The third kappa shape index (κ3) is 11.5. The van der Waals surface area contributed by atoms with Gasteiger partial charge in [-0.3, -0.25) is 29.4 Å². The molecule has 4 heterocycles. The van der Waals surface area contributed by atoms with Crippen LogP contribution in [0, 0.1) is 13.8 Å². The number of aryl methyl sites for hydroxylation is 2. The number of anilines is 2. The quantitative estimate of drug-likeness (QED) is 0.122. The van der Waals surface area contributed by atoms with Crippen LogP contribution in [0.15, 0.2) is 93.0 Å². The third-order valence-corrected chi connectivity index (χ3v) is 9.32. The van der Waals surface area contributed by atoms with Gasteiger partial charge in [-0.1, -0.05) is 31.3 Å². The van der Waals surface area contributed by atoms with Gasteiger partial charge in [0, 0.05) is 52.9 Å². The molecule has 0 saturated heterocycles. The Hall–Kier alpha value is -6.14. The highest BCUT2D eigenvalue weighted by molar-refractivity contribution is 7.98. The summed E-state index contributed by atoms with van der Waals surface area (Å²) in [5, 5.41) is 6.84. The Labute approximate surface area is 346 Å². The fraction of sp³-hybridized carbons (Fsp3) is 0.317. The zero-order valence-electron chi connectivity index (χ0n) is 33.7. The zero-order valence-corrected chi connectivity index (χ0v) is 35.3. The summed E-state index contributed by atoms with van der Waals surface area (Å²) in [6.07, 6.45) is 4.79. The van der Waals surface area contributed by atoms with E-state index in [1.165, 1.54) is 33.2 Å². The number of hydrogen-bond donors (Lipinski definition) is 2. The first kappa shape index (κ1) is 45.6. The maximum Gasteiger partial charge on any atom is 0.412 e. The first-order chi connectivity index (χ1) is 27.0. The maximum absolute atomic E-state index is 12.8. The number of nitrogens with zero attached hydrogens (tertiary/aromatic N) is 6. The number of hydrogen-bond acceptors (Lipinski definition) is 13. The molecule has 0 unspecified atom stereocenters. The van der Waals surface area contributed by atoms with Gasteiger partial charge >= 0.3 is 12.2 Å². The van der Waals surface area contributed by atoms with E-state index in [1.807, 2.05) is 13.2 Å². The van der Waals surface area contributed by atoms with Gasteiger partial charge in [-0.15, -0.1) is 0 Å². The van der Waals surface area contributed by atoms with Crippen molar-refractivity contribution in [2.45, 2.75) is 84.3 Å². The topological polar surface area (TPSA) is 206 Å². The first-order valence-corrected chi connectivity index (χ1v) is 20.9. The molecule has 4 aromatic heterocycles. The lowest BCUT2D eigenvalue weighted by Gasteiger charge is -2.20. The molecule has 59 heavy (non-hydrogen) atoms. The molecular weight excluding hydrogens is 797 g/mol. The van der Waals surface area contributed by atoms with Crippen molar-refractivity contribution in [3.63, 3.8) is 0 Å². The molecular formula is C41H48N8O8S2. The van der Waals surface area contributed by atoms with Crippen molar-refractivity contribution in [1.82, 2.24) is 29.1 Å².